The molecule has 0 aliphatic rings. The van der Waals surface area contributed by atoms with Crippen molar-refractivity contribution in [1.29, 1.82) is 0 Å². The van der Waals surface area contributed by atoms with Crippen molar-refractivity contribution in [2.75, 3.05) is 0 Å². The van der Waals surface area contributed by atoms with E-state index in [4.69, 9.17) is 0 Å². The molecule has 0 unspecified atom stereocenters. The Labute approximate surface area is 256 Å². The van der Waals surface area contributed by atoms with E-state index in [2.05, 4.69) is 170 Å². The second kappa shape index (κ2) is 9.93. The van der Waals surface area contributed by atoms with Gasteiger partial charge in [-0.2, -0.15) is 0 Å². The summed E-state index contributed by atoms with van der Waals surface area (Å²) in [6.45, 7) is 0. The highest BCUT2D eigenvalue weighted by Crippen LogP contribution is 2.47. The van der Waals surface area contributed by atoms with Crippen LogP contribution in [0.15, 0.2) is 170 Å². The van der Waals surface area contributed by atoms with Gasteiger partial charge >= 0.3 is 0 Å². The SMILES string of the molecule is c1ccc(-c2ccc3cc(-c4c5ccccc5c(-c5cccc6ccccc56)c5c4ccc4ccccc45)ccc3c2)cc1. The van der Waals surface area contributed by atoms with Crippen molar-refractivity contribution < 1.29 is 0 Å². The minimum absolute atomic E-state index is 1.24. The van der Waals surface area contributed by atoms with Gasteiger partial charge in [-0.1, -0.05) is 158 Å². The maximum Gasteiger partial charge on any atom is -0.00139 e. The van der Waals surface area contributed by atoms with Crippen LogP contribution in [-0.2, 0) is 0 Å². The highest BCUT2D eigenvalue weighted by molar-refractivity contribution is 6.29. The van der Waals surface area contributed by atoms with Gasteiger partial charge in [0.25, 0.3) is 0 Å². The molecule has 0 atom stereocenters. The zero-order valence-corrected chi connectivity index (χ0v) is 24.2. The summed E-state index contributed by atoms with van der Waals surface area (Å²) in [5.41, 5.74) is 7.60. The molecule has 0 aromatic heterocycles. The fourth-order valence-corrected chi connectivity index (χ4v) is 7.19. The zero-order chi connectivity index (χ0) is 29.0. The van der Waals surface area contributed by atoms with Crippen LogP contribution in [0.1, 0.15) is 0 Å². The first-order valence-electron chi connectivity index (χ1n) is 15.3. The highest BCUT2D eigenvalue weighted by Gasteiger charge is 2.20. The summed E-state index contributed by atoms with van der Waals surface area (Å²) in [6, 6.07) is 62.3. The molecule has 0 amide bonds. The van der Waals surface area contributed by atoms with Gasteiger partial charge in [-0.25, -0.2) is 0 Å². The van der Waals surface area contributed by atoms with Crippen LogP contribution < -0.4 is 0 Å². The second-order valence-corrected chi connectivity index (χ2v) is 11.7. The van der Waals surface area contributed by atoms with Crippen LogP contribution in [0.4, 0.5) is 0 Å². The van der Waals surface area contributed by atoms with Crippen molar-refractivity contribution >= 4 is 53.9 Å². The lowest BCUT2D eigenvalue weighted by Gasteiger charge is -2.20. The van der Waals surface area contributed by atoms with Gasteiger partial charge < -0.3 is 0 Å². The Kier molecular flexibility index (Phi) is 5.61. The third-order valence-electron chi connectivity index (χ3n) is 9.21. The predicted molar refractivity (Wildman–Crippen MR) is 190 cm³/mol. The van der Waals surface area contributed by atoms with Gasteiger partial charge in [0, 0.05) is 0 Å². The van der Waals surface area contributed by atoms with Gasteiger partial charge in [0.2, 0.25) is 0 Å². The summed E-state index contributed by atoms with van der Waals surface area (Å²) in [5.74, 6) is 0. The first-order chi connectivity index (χ1) is 21.8. The minimum Gasteiger partial charge on any atom is -0.0622 e. The third-order valence-corrected chi connectivity index (χ3v) is 9.21. The Morgan fingerprint density at radius 2 is 0.795 bits per heavy atom. The molecule has 0 saturated carbocycles. The molecule has 0 fully saturated rings. The maximum atomic E-state index is 2.37. The van der Waals surface area contributed by atoms with Crippen molar-refractivity contribution in [2.45, 2.75) is 0 Å². The van der Waals surface area contributed by atoms with Crippen molar-refractivity contribution in [1.82, 2.24) is 0 Å². The second-order valence-electron chi connectivity index (χ2n) is 11.7. The summed E-state index contributed by atoms with van der Waals surface area (Å²) >= 11 is 0. The molecule has 0 saturated heterocycles. The molecule has 0 nitrogen and oxygen atoms in total. The normalized spacial score (nSPS) is 11.6. The number of hydrogen-bond donors (Lipinski definition) is 0. The average molecular weight is 557 g/mol. The van der Waals surface area contributed by atoms with E-state index in [1.807, 2.05) is 0 Å². The van der Waals surface area contributed by atoms with Crippen LogP contribution in [0.2, 0.25) is 0 Å². The molecule has 9 aromatic rings. The van der Waals surface area contributed by atoms with Crippen molar-refractivity contribution in [3.63, 3.8) is 0 Å². The topological polar surface area (TPSA) is 0 Å². The van der Waals surface area contributed by atoms with Crippen LogP contribution in [0.3, 0.4) is 0 Å². The van der Waals surface area contributed by atoms with Crippen molar-refractivity contribution in [3.05, 3.63) is 170 Å². The first-order valence-corrected chi connectivity index (χ1v) is 15.3. The number of hydrogen-bond acceptors (Lipinski definition) is 0. The molecule has 0 heterocycles. The van der Waals surface area contributed by atoms with Gasteiger partial charge in [0.1, 0.15) is 0 Å². The largest absolute Gasteiger partial charge is 0.0622 e. The summed E-state index contributed by atoms with van der Waals surface area (Å²) < 4.78 is 0. The van der Waals surface area contributed by atoms with Crippen LogP contribution in [0.25, 0.3) is 87.2 Å². The molecule has 9 rings (SSSR count). The lowest BCUT2D eigenvalue weighted by molar-refractivity contribution is 1.64. The average Bonchev–Trinajstić information content (AvgIpc) is 3.10. The molecule has 0 bridgehead atoms. The maximum absolute atomic E-state index is 2.37. The zero-order valence-electron chi connectivity index (χ0n) is 24.2. The van der Waals surface area contributed by atoms with Crippen LogP contribution >= 0.6 is 0 Å². The minimum atomic E-state index is 1.24. The fourth-order valence-electron chi connectivity index (χ4n) is 7.19. The Morgan fingerprint density at radius 1 is 0.250 bits per heavy atom. The highest BCUT2D eigenvalue weighted by atomic mass is 14.2. The molecule has 0 aliphatic heterocycles. The third kappa shape index (κ3) is 3.85. The summed E-state index contributed by atoms with van der Waals surface area (Å²) in [5, 5.41) is 12.7. The fraction of sp³-hybridized carbons (Fsp3) is 0. The Balaban J connectivity index is 1.39. The molecular weight excluding hydrogens is 528 g/mol. The molecule has 0 radical (unpaired) electrons. The summed E-state index contributed by atoms with van der Waals surface area (Å²) in [4.78, 5) is 0. The van der Waals surface area contributed by atoms with E-state index < -0.39 is 0 Å². The molecule has 44 heavy (non-hydrogen) atoms. The lowest BCUT2D eigenvalue weighted by atomic mass is 9.82. The molecule has 204 valence electrons. The smallest absolute Gasteiger partial charge is 0.00139 e. The number of rotatable bonds is 3. The monoisotopic (exact) mass is 556 g/mol. The van der Waals surface area contributed by atoms with Gasteiger partial charge in [0.15, 0.2) is 0 Å². The Morgan fingerprint density at radius 3 is 1.57 bits per heavy atom. The number of fused-ring (bicyclic) bond motifs is 6. The molecule has 9 aromatic carbocycles. The molecule has 0 aliphatic carbocycles. The molecular formula is C44H28. The molecule has 0 N–H and O–H groups in total. The van der Waals surface area contributed by atoms with Crippen LogP contribution in [-0.4, -0.2) is 0 Å². The predicted octanol–water partition coefficient (Wildman–Crippen LogP) is 12.5. The van der Waals surface area contributed by atoms with E-state index in [0.29, 0.717) is 0 Å². The van der Waals surface area contributed by atoms with E-state index in [0.717, 1.165) is 0 Å². The van der Waals surface area contributed by atoms with Gasteiger partial charge in [0.05, 0.1) is 0 Å². The Bertz CT molecular complexity index is 2530. The van der Waals surface area contributed by atoms with E-state index in [9.17, 15) is 0 Å². The van der Waals surface area contributed by atoms with Crippen molar-refractivity contribution in [2.24, 2.45) is 0 Å². The van der Waals surface area contributed by atoms with Gasteiger partial charge in [-0.05, 0) is 99.4 Å². The molecule has 0 spiro atoms. The summed E-state index contributed by atoms with van der Waals surface area (Å²) in [6.07, 6.45) is 0. The first kappa shape index (κ1) is 24.8. The quantitative estimate of drug-likeness (QED) is 0.150. The number of benzene rings is 9. The van der Waals surface area contributed by atoms with Crippen LogP contribution in [0, 0.1) is 0 Å². The Hall–Kier alpha value is -5.72. The van der Waals surface area contributed by atoms with Crippen molar-refractivity contribution in [3.8, 4) is 33.4 Å². The van der Waals surface area contributed by atoms with Gasteiger partial charge in [-0.15, -0.1) is 0 Å². The standard InChI is InChI=1S/C44H28/c1-2-11-29(12-3-1)32-21-22-34-28-35(24-23-33(34)27-32)42-39-18-8-9-19-40(39)44(38-20-10-15-30-13-4-6-16-36(30)38)43-37-17-7-5-14-31(37)25-26-41(42)43/h1-28H. The van der Waals surface area contributed by atoms with E-state index in [-0.39, 0.29) is 0 Å². The van der Waals surface area contributed by atoms with E-state index in [1.54, 1.807) is 0 Å². The van der Waals surface area contributed by atoms with Gasteiger partial charge in [-0.3, -0.25) is 0 Å². The van der Waals surface area contributed by atoms with E-state index in [1.165, 1.54) is 87.2 Å². The van der Waals surface area contributed by atoms with E-state index >= 15 is 0 Å². The summed E-state index contributed by atoms with van der Waals surface area (Å²) in [7, 11) is 0. The lowest BCUT2D eigenvalue weighted by Crippen LogP contribution is -1.93. The van der Waals surface area contributed by atoms with Crippen LogP contribution in [0.5, 0.6) is 0 Å². The molecule has 0 heteroatoms.